The number of aromatic nitrogens is 2. The van der Waals surface area contributed by atoms with E-state index < -0.39 is 30.2 Å². The summed E-state index contributed by atoms with van der Waals surface area (Å²) < 4.78 is 41.7. The zero-order valence-corrected chi connectivity index (χ0v) is 18.1. The molecule has 4 rings (SSSR count). The summed E-state index contributed by atoms with van der Waals surface area (Å²) in [5, 5.41) is 16.3. The van der Waals surface area contributed by atoms with Crippen LogP contribution in [0.3, 0.4) is 0 Å². The molecule has 0 bridgehead atoms. The van der Waals surface area contributed by atoms with Gasteiger partial charge in [0.15, 0.2) is 5.17 Å². The molecule has 1 aromatic heterocycles. The summed E-state index contributed by atoms with van der Waals surface area (Å²) in [6, 6.07) is 8.79. The number of hydrogen-bond donors (Lipinski definition) is 2. The number of alkyl halides is 3. The highest BCUT2D eigenvalue weighted by molar-refractivity contribution is 8.18. The molecule has 0 unspecified atom stereocenters. The zero-order chi connectivity index (χ0) is 23.8. The van der Waals surface area contributed by atoms with Crippen molar-refractivity contribution in [3.63, 3.8) is 0 Å². The highest BCUT2D eigenvalue weighted by Gasteiger charge is 2.33. The van der Waals surface area contributed by atoms with Gasteiger partial charge in [0.2, 0.25) is 0 Å². The van der Waals surface area contributed by atoms with Crippen LogP contribution in [-0.4, -0.2) is 38.5 Å². The molecule has 1 fully saturated rings. The second-order valence-electron chi connectivity index (χ2n) is 7.00. The molecule has 12 heteroatoms. The Bertz CT molecular complexity index is 1330. The number of thioether (sulfide) groups is 1. The van der Waals surface area contributed by atoms with Crippen molar-refractivity contribution >= 4 is 57.4 Å². The second kappa shape index (κ2) is 8.91. The summed E-state index contributed by atoms with van der Waals surface area (Å²) >= 11 is 6.77. The molecule has 33 heavy (non-hydrogen) atoms. The Labute approximate surface area is 193 Å². The number of aliphatic imine (C=N–C) groups is 1. The lowest BCUT2D eigenvalue weighted by Crippen LogP contribution is -2.20. The molecule has 1 saturated heterocycles. The van der Waals surface area contributed by atoms with E-state index in [0.29, 0.717) is 21.4 Å². The van der Waals surface area contributed by atoms with Crippen LogP contribution in [0, 0.1) is 0 Å². The van der Waals surface area contributed by atoms with Crippen LogP contribution in [0.4, 0.5) is 13.2 Å². The van der Waals surface area contributed by atoms with Gasteiger partial charge in [-0.25, -0.2) is 0 Å². The molecule has 3 aromatic rings. The van der Waals surface area contributed by atoms with Crippen LogP contribution in [0.25, 0.3) is 17.0 Å². The second-order valence-corrected chi connectivity index (χ2v) is 8.47. The fourth-order valence-corrected chi connectivity index (χ4v) is 4.22. The Morgan fingerprint density at radius 3 is 2.79 bits per heavy atom. The molecule has 0 atom stereocenters. The molecule has 1 aliphatic rings. The SMILES string of the molecule is O=C(O)CN=C1NC(=O)/C(=C/c2ccc3c(cnn3Cc3ccc(Cl)cc3C(F)(F)F)c2)S1. The van der Waals surface area contributed by atoms with Gasteiger partial charge in [-0.1, -0.05) is 23.7 Å². The Morgan fingerprint density at radius 2 is 2.06 bits per heavy atom. The highest BCUT2D eigenvalue weighted by Crippen LogP contribution is 2.34. The van der Waals surface area contributed by atoms with E-state index in [-0.39, 0.29) is 22.3 Å². The molecule has 170 valence electrons. The number of halogens is 4. The number of carbonyl (C=O) groups excluding carboxylic acids is 1. The number of nitrogens with one attached hydrogen (secondary N) is 1. The number of carboxylic acid groups (broad SMARTS) is 1. The molecule has 7 nitrogen and oxygen atoms in total. The minimum Gasteiger partial charge on any atom is -0.480 e. The van der Waals surface area contributed by atoms with Crippen LogP contribution >= 0.6 is 23.4 Å². The van der Waals surface area contributed by atoms with Crippen LogP contribution in [0.15, 0.2) is 52.5 Å². The number of carboxylic acids is 1. The van der Waals surface area contributed by atoms with Crippen molar-refractivity contribution in [2.45, 2.75) is 12.7 Å². The van der Waals surface area contributed by atoms with Gasteiger partial charge in [-0.05, 0) is 53.2 Å². The maximum Gasteiger partial charge on any atom is 0.416 e. The van der Waals surface area contributed by atoms with Crippen molar-refractivity contribution < 1.29 is 27.9 Å². The van der Waals surface area contributed by atoms with Crippen molar-refractivity contribution in [3.8, 4) is 0 Å². The van der Waals surface area contributed by atoms with Crippen LogP contribution < -0.4 is 5.32 Å². The standard InChI is InChI=1S/C21H14ClF3N4O3S/c22-14-3-2-12(15(7-14)21(23,24)25)10-29-16-4-1-11(5-13(16)8-27-29)6-17-19(32)28-20(33-17)26-9-18(30)31/h1-8H,9-10H2,(H,30,31)(H,26,28,32)/b17-6-. The first-order valence-corrected chi connectivity index (χ1v) is 10.6. The molecular formula is C21H14ClF3N4O3S. The Morgan fingerprint density at radius 1 is 1.27 bits per heavy atom. The van der Waals surface area contributed by atoms with E-state index in [1.54, 1.807) is 24.3 Å². The van der Waals surface area contributed by atoms with E-state index in [1.165, 1.54) is 23.0 Å². The smallest absolute Gasteiger partial charge is 0.416 e. The van der Waals surface area contributed by atoms with Crippen LogP contribution in [0.2, 0.25) is 5.02 Å². The average molecular weight is 495 g/mol. The van der Waals surface area contributed by atoms with Gasteiger partial charge in [0.1, 0.15) is 6.54 Å². The Kier molecular flexibility index (Phi) is 6.17. The lowest BCUT2D eigenvalue weighted by molar-refractivity contribution is -0.138. The molecule has 0 radical (unpaired) electrons. The Hall–Kier alpha value is -3.31. The summed E-state index contributed by atoms with van der Waals surface area (Å²) in [5.74, 6) is -1.51. The molecule has 1 amide bonds. The predicted molar refractivity (Wildman–Crippen MR) is 119 cm³/mol. The summed E-state index contributed by atoms with van der Waals surface area (Å²) in [6.45, 7) is -0.553. The first-order valence-electron chi connectivity index (χ1n) is 9.38. The monoisotopic (exact) mass is 494 g/mol. The van der Waals surface area contributed by atoms with Gasteiger partial charge in [0, 0.05) is 10.4 Å². The minimum atomic E-state index is -4.55. The van der Waals surface area contributed by atoms with E-state index in [2.05, 4.69) is 15.4 Å². The number of hydrogen-bond acceptors (Lipinski definition) is 5. The number of amidine groups is 1. The van der Waals surface area contributed by atoms with Crippen molar-refractivity contribution in [2.75, 3.05) is 6.54 Å². The topological polar surface area (TPSA) is 96.6 Å². The molecule has 2 aromatic carbocycles. The third-order valence-electron chi connectivity index (χ3n) is 4.67. The first-order chi connectivity index (χ1) is 15.6. The van der Waals surface area contributed by atoms with E-state index >= 15 is 0 Å². The molecule has 2 heterocycles. The summed E-state index contributed by atoms with van der Waals surface area (Å²) in [7, 11) is 0. The van der Waals surface area contributed by atoms with Gasteiger partial charge in [-0.2, -0.15) is 18.3 Å². The maximum atomic E-state index is 13.4. The van der Waals surface area contributed by atoms with Gasteiger partial charge in [0.05, 0.1) is 28.7 Å². The van der Waals surface area contributed by atoms with Crippen LogP contribution in [0.1, 0.15) is 16.7 Å². The largest absolute Gasteiger partial charge is 0.480 e. The van der Waals surface area contributed by atoms with Gasteiger partial charge in [0.25, 0.3) is 5.91 Å². The van der Waals surface area contributed by atoms with Crippen molar-refractivity contribution in [3.05, 3.63) is 69.2 Å². The quantitative estimate of drug-likeness (QED) is 0.512. The fraction of sp³-hybridized carbons (Fsp3) is 0.143. The van der Waals surface area contributed by atoms with Crippen molar-refractivity contribution in [1.29, 1.82) is 0 Å². The van der Waals surface area contributed by atoms with E-state index in [1.807, 2.05) is 0 Å². The van der Waals surface area contributed by atoms with Gasteiger partial charge in [-0.15, -0.1) is 0 Å². The number of amides is 1. The summed E-state index contributed by atoms with van der Waals surface area (Å²) in [5.41, 5.74) is 0.508. The van der Waals surface area contributed by atoms with Gasteiger partial charge in [-0.3, -0.25) is 19.3 Å². The molecule has 0 spiro atoms. The third-order valence-corrected chi connectivity index (χ3v) is 5.85. The Balaban J connectivity index is 1.59. The third kappa shape index (κ3) is 5.20. The minimum absolute atomic E-state index is 0.000871. The van der Waals surface area contributed by atoms with Gasteiger partial charge < -0.3 is 10.4 Å². The van der Waals surface area contributed by atoms with E-state index in [9.17, 15) is 22.8 Å². The maximum absolute atomic E-state index is 13.4. The molecule has 2 N–H and O–H groups in total. The summed E-state index contributed by atoms with van der Waals surface area (Å²) in [4.78, 5) is 26.8. The number of aliphatic carboxylic acids is 1. The highest BCUT2D eigenvalue weighted by atomic mass is 35.5. The van der Waals surface area contributed by atoms with E-state index in [4.69, 9.17) is 16.7 Å². The molecule has 0 aliphatic carbocycles. The lowest BCUT2D eigenvalue weighted by atomic mass is 10.1. The fourth-order valence-electron chi connectivity index (χ4n) is 3.23. The van der Waals surface area contributed by atoms with Crippen LogP contribution in [0.5, 0.6) is 0 Å². The molecular weight excluding hydrogens is 481 g/mol. The lowest BCUT2D eigenvalue weighted by Gasteiger charge is -2.14. The molecule has 1 aliphatic heterocycles. The normalized spacial score (nSPS) is 16.7. The predicted octanol–water partition coefficient (Wildman–Crippen LogP) is 4.40. The number of fused-ring (bicyclic) bond motifs is 1. The summed E-state index contributed by atoms with van der Waals surface area (Å²) in [6.07, 6.45) is -1.40. The average Bonchev–Trinajstić information content (AvgIpc) is 3.30. The van der Waals surface area contributed by atoms with E-state index in [0.717, 1.165) is 17.8 Å². The van der Waals surface area contributed by atoms with Crippen molar-refractivity contribution in [1.82, 2.24) is 15.1 Å². The van der Waals surface area contributed by atoms with Crippen molar-refractivity contribution in [2.24, 2.45) is 4.99 Å². The van der Waals surface area contributed by atoms with Crippen LogP contribution in [-0.2, 0) is 22.3 Å². The first kappa shape index (κ1) is 22.9. The number of rotatable bonds is 5. The number of benzene rings is 2. The number of carbonyl (C=O) groups is 2. The van der Waals surface area contributed by atoms with Gasteiger partial charge >= 0.3 is 12.1 Å². The zero-order valence-electron chi connectivity index (χ0n) is 16.6. The number of nitrogens with zero attached hydrogens (tertiary/aromatic N) is 3. The molecule has 0 saturated carbocycles.